The number of benzene rings is 2. The topological polar surface area (TPSA) is 48.7 Å². The van der Waals surface area contributed by atoms with E-state index in [0.717, 1.165) is 28.2 Å². The van der Waals surface area contributed by atoms with Crippen molar-refractivity contribution < 1.29 is 5.11 Å². The van der Waals surface area contributed by atoms with Crippen LogP contribution in [-0.2, 0) is 0 Å². The molecule has 3 aromatic rings. The SMILES string of the molecule is CCC(O)N1c2ccccc2C(c2ccccc2)=Nc2cccnc21. The molecule has 0 fully saturated rings. The number of aliphatic hydroxyl groups is 1. The molecular weight excluding hydrogens is 310 g/mol. The summed E-state index contributed by atoms with van der Waals surface area (Å²) in [5.74, 6) is 0.676. The molecule has 1 N–H and O–H groups in total. The predicted molar refractivity (Wildman–Crippen MR) is 101 cm³/mol. The molecule has 4 nitrogen and oxygen atoms in total. The van der Waals surface area contributed by atoms with Crippen LogP contribution in [-0.4, -0.2) is 22.0 Å². The van der Waals surface area contributed by atoms with Gasteiger partial charge in [0.15, 0.2) is 5.82 Å². The van der Waals surface area contributed by atoms with E-state index >= 15 is 0 Å². The van der Waals surface area contributed by atoms with Gasteiger partial charge in [-0.05, 0) is 24.6 Å². The minimum absolute atomic E-state index is 0.588. The normalized spacial score (nSPS) is 14.2. The number of aliphatic hydroxyl groups excluding tert-OH is 1. The Labute approximate surface area is 147 Å². The van der Waals surface area contributed by atoms with Crippen molar-refractivity contribution in [3.05, 3.63) is 84.1 Å². The Morgan fingerprint density at radius 2 is 1.72 bits per heavy atom. The van der Waals surface area contributed by atoms with E-state index in [9.17, 15) is 5.11 Å². The van der Waals surface area contributed by atoms with Gasteiger partial charge < -0.3 is 5.11 Å². The second-order valence-electron chi connectivity index (χ2n) is 5.95. The molecule has 4 heteroatoms. The summed E-state index contributed by atoms with van der Waals surface area (Å²) in [5.41, 5.74) is 4.58. The summed E-state index contributed by atoms with van der Waals surface area (Å²) < 4.78 is 0. The van der Waals surface area contributed by atoms with Crippen molar-refractivity contribution in [3.8, 4) is 0 Å². The van der Waals surface area contributed by atoms with Gasteiger partial charge in [-0.2, -0.15) is 0 Å². The number of rotatable bonds is 3. The van der Waals surface area contributed by atoms with Crippen LogP contribution in [0.25, 0.3) is 0 Å². The number of para-hydroxylation sites is 1. The monoisotopic (exact) mass is 329 g/mol. The van der Waals surface area contributed by atoms with Gasteiger partial charge in [-0.15, -0.1) is 0 Å². The molecule has 1 aromatic heterocycles. The first-order chi connectivity index (χ1) is 12.3. The molecule has 25 heavy (non-hydrogen) atoms. The lowest BCUT2D eigenvalue weighted by atomic mass is 10.00. The summed E-state index contributed by atoms with van der Waals surface area (Å²) in [5, 5.41) is 10.7. The van der Waals surface area contributed by atoms with E-state index in [4.69, 9.17) is 4.99 Å². The van der Waals surface area contributed by atoms with Crippen LogP contribution < -0.4 is 4.90 Å². The fraction of sp³-hybridized carbons (Fsp3) is 0.143. The van der Waals surface area contributed by atoms with E-state index in [0.29, 0.717) is 12.2 Å². The third-order valence-corrected chi connectivity index (χ3v) is 4.36. The molecule has 0 spiro atoms. The number of pyridine rings is 1. The van der Waals surface area contributed by atoms with Crippen LogP contribution >= 0.6 is 0 Å². The molecule has 0 amide bonds. The maximum atomic E-state index is 10.7. The van der Waals surface area contributed by atoms with Crippen LogP contribution in [0, 0.1) is 0 Å². The minimum atomic E-state index is -0.667. The van der Waals surface area contributed by atoms with E-state index < -0.39 is 6.23 Å². The third kappa shape index (κ3) is 2.71. The average molecular weight is 329 g/mol. The van der Waals surface area contributed by atoms with Crippen molar-refractivity contribution in [2.45, 2.75) is 19.6 Å². The summed E-state index contributed by atoms with van der Waals surface area (Å²) >= 11 is 0. The molecule has 0 bridgehead atoms. The molecule has 0 saturated heterocycles. The smallest absolute Gasteiger partial charge is 0.161 e. The van der Waals surface area contributed by atoms with Crippen molar-refractivity contribution in [2.24, 2.45) is 4.99 Å². The molecule has 4 rings (SSSR count). The maximum Gasteiger partial charge on any atom is 0.161 e. The van der Waals surface area contributed by atoms with Crippen LogP contribution in [0.4, 0.5) is 17.2 Å². The largest absolute Gasteiger partial charge is 0.373 e. The lowest BCUT2D eigenvalue weighted by Crippen LogP contribution is -2.31. The molecule has 1 aliphatic rings. The Balaban J connectivity index is 2.03. The Morgan fingerprint density at radius 1 is 0.960 bits per heavy atom. The zero-order chi connectivity index (χ0) is 17.2. The van der Waals surface area contributed by atoms with Crippen molar-refractivity contribution in [1.82, 2.24) is 4.98 Å². The zero-order valence-electron chi connectivity index (χ0n) is 14.0. The first-order valence-electron chi connectivity index (χ1n) is 8.45. The van der Waals surface area contributed by atoms with Crippen LogP contribution in [0.3, 0.4) is 0 Å². The van der Waals surface area contributed by atoms with Gasteiger partial charge in [-0.3, -0.25) is 4.90 Å². The van der Waals surface area contributed by atoms with E-state index in [1.807, 2.05) is 66.4 Å². The maximum absolute atomic E-state index is 10.7. The highest BCUT2D eigenvalue weighted by Gasteiger charge is 2.28. The molecule has 0 aliphatic carbocycles. The number of aliphatic imine (C=N–C) groups is 1. The molecule has 0 saturated carbocycles. The quantitative estimate of drug-likeness (QED) is 0.773. The van der Waals surface area contributed by atoms with Gasteiger partial charge >= 0.3 is 0 Å². The molecular formula is C21H19N3O. The van der Waals surface area contributed by atoms with Gasteiger partial charge in [-0.1, -0.05) is 55.5 Å². The first kappa shape index (κ1) is 15.5. The van der Waals surface area contributed by atoms with Gasteiger partial charge in [0, 0.05) is 17.3 Å². The lowest BCUT2D eigenvalue weighted by molar-refractivity contribution is 0.176. The number of hydrogen-bond acceptors (Lipinski definition) is 4. The van der Waals surface area contributed by atoms with Gasteiger partial charge in [0.1, 0.15) is 11.9 Å². The summed E-state index contributed by atoms with van der Waals surface area (Å²) in [7, 11) is 0. The second-order valence-corrected chi connectivity index (χ2v) is 5.95. The van der Waals surface area contributed by atoms with E-state index in [-0.39, 0.29) is 0 Å². The fourth-order valence-electron chi connectivity index (χ4n) is 3.14. The number of fused-ring (bicyclic) bond motifs is 2. The third-order valence-electron chi connectivity index (χ3n) is 4.36. The second kappa shape index (κ2) is 6.49. The fourth-order valence-corrected chi connectivity index (χ4v) is 3.14. The highest BCUT2D eigenvalue weighted by molar-refractivity contribution is 6.18. The van der Waals surface area contributed by atoms with Gasteiger partial charge in [0.25, 0.3) is 0 Å². The summed E-state index contributed by atoms with van der Waals surface area (Å²) in [4.78, 5) is 11.3. The summed E-state index contributed by atoms with van der Waals surface area (Å²) in [6, 6.07) is 22.0. The molecule has 0 radical (unpaired) electrons. The zero-order valence-corrected chi connectivity index (χ0v) is 14.0. The van der Waals surface area contributed by atoms with Crippen LogP contribution in [0.2, 0.25) is 0 Å². The van der Waals surface area contributed by atoms with Crippen molar-refractivity contribution >= 4 is 22.9 Å². The molecule has 1 aliphatic heterocycles. The molecule has 2 heterocycles. The van der Waals surface area contributed by atoms with Gasteiger partial charge in [-0.25, -0.2) is 9.98 Å². The van der Waals surface area contributed by atoms with E-state index in [2.05, 4.69) is 17.1 Å². The number of anilines is 2. The van der Waals surface area contributed by atoms with E-state index in [1.54, 1.807) is 6.20 Å². The van der Waals surface area contributed by atoms with Crippen LogP contribution in [0.5, 0.6) is 0 Å². The number of nitrogens with zero attached hydrogens (tertiary/aromatic N) is 3. The minimum Gasteiger partial charge on any atom is -0.373 e. The molecule has 1 unspecified atom stereocenters. The predicted octanol–water partition coefficient (Wildman–Crippen LogP) is 4.43. The standard InChI is InChI=1S/C21H19N3O/c1-2-19(25)24-18-13-7-6-11-16(18)20(15-9-4-3-5-10-15)23-17-12-8-14-22-21(17)24/h3-14,19,25H,2H2,1H3. The van der Waals surface area contributed by atoms with E-state index in [1.165, 1.54) is 0 Å². The summed E-state index contributed by atoms with van der Waals surface area (Å²) in [6.07, 6.45) is 1.66. The Morgan fingerprint density at radius 3 is 2.52 bits per heavy atom. The first-order valence-corrected chi connectivity index (χ1v) is 8.45. The van der Waals surface area contributed by atoms with Crippen molar-refractivity contribution in [2.75, 3.05) is 4.90 Å². The highest BCUT2D eigenvalue weighted by atomic mass is 16.3. The van der Waals surface area contributed by atoms with Gasteiger partial charge in [0.05, 0.1) is 11.4 Å². The van der Waals surface area contributed by atoms with Gasteiger partial charge in [0.2, 0.25) is 0 Å². The lowest BCUT2D eigenvalue weighted by Gasteiger charge is -2.29. The molecule has 124 valence electrons. The van der Waals surface area contributed by atoms with Crippen molar-refractivity contribution in [1.29, 1.82) is 0 Å². The number of hydrogen-bond donors (Lipinski definition) is 1. The molecule has 2 aromatic carbocycles. The Kier molecular flexibility index (Phi) is 4.04. The van der Waals surface area contributed by atoms with Crippen molar-refractivity contribution in [3.63, 3.8) is 0 Å². The average Bonchev–Trinajstić information content (AvgIpc) is 2.82. The molecule has 1 atom stereocenters. The Bertz CT molecular complexity index is 921. The summed E-state index contributed by atoms with van der Waals surface area (Å²) in [6.45, 7) is 1.96. The Hall–Kier alpha value is -2.98. The van der Waals surface area contributed by atoms with Crippen LogP contribution in [0.1, 0.15) is 24.5 Å². The highest BCUT2D eigenvalue weighted by Crippen LogP contribution is 2.40. The van der Waals surface area contributed by atoms with Crippen LogP contribution in [0.15, 0.2) is 77.9 Å². The number of aromatic nitrogens is 1.